The van der Waals surface area contributed by atoms with Crippen LogP contribution in [0.15, 0.2) is 64.7 Å². The van der Waals surface area contributed by atoms with Crippen LogP contribution in [0.1, 0.15) is 11.1 Å². The molecule has 0 amide bonds. The monoisotopic (exact) mass is 437 g/mol. The predicted octanol–water partition coefficient (Wildman–Crippen LogP) is 4.76. The van der Waals surface area contributed by atoms with Gasteiger partial charge in [-0.25, -0.2) is 14.5 Å². The molecule has 2 aromatic heterocycles. The number of ether oxygens (including phenoxy) is 2. The molecule has 1 aliphatic rings. The first-order chi connectivity index (χ1) is 14.6. The number of thioether (sulfide) groups is 1. The third-order valence-electron chi connectivity index (χ3n) is 4.73. The van der Waals surface area contributed by atoms with Crippen LogP contribution in [-0.2, 0) is 5.75 Å². The van der Waals surface area contributed by atoms with Gasteiger partial charge in [0.25, 0.3) is 5.56 Å². The minimum atomic E-state index is -0.148. The van der Waals surface area contributed by atoms with Gasteiger partial charge in [-0.3, -0.25) is 4.79 Å². The van der Waals surface area contributed by atoms with Crippen molar-refractivity contribution in [2.24, 2.45) is 0 Å². The van der Waals surface area contributed by atoms with E-state index in [-0.39, 0.29) is 12.4 Å². The number of hydrogen-bond donors (Lipinski definition) is 0. The van der Waals surface area contributed by atoms with E-state index in [1.807, 2.05) is 49.4 Å². The molecule has 1 aliphatic heterocycles. The lowest BCUT2D eigenvalue weighted by atomic mass is 10.2. The first-order valence-corrected chi connectivity index (χ1v) is 10.6. The first kappa shape index (κ1) is 19.0. The molecule has 5 rings (SSSR count). The molecule has 0 unspecified atom stereocenters. The van der Waals surface area contributed by atoms with Crippen LogP contribution in [0, 0.1) is 6.92 Å². The second kappa shape index (κ2) is 7.66. The highest BCUT2D eigenvalue weighted by atomic mass is 35.5. The second-order valence-corrected chi connectivity index (χ2v) is 8.19. The van der Waals surface area contributed by atoms with Gasteiger partial charge >= 0.3 is 0 Å². The van der Waals surface area contributed by atoms with E-state index in [9.17, 15) is 4.79 Å². The van der Waals surface area contributed by atoms with E-state index >= 15 is 0 Å². The van der Waals surface area contributed by atoms with Crippen molar-refractivity contribution in [2.45, 2.75) is 17.8 Å². The maximum atomic E-state index is 13.3. The third kappa shape index (κ3) is 3.40. The number of pyridine rings is 1. The molecular formula is C22H16ClN3O3S. The topological polar surface area (TPSA) is 66.2 Å². The summed E-state index contributed by atoms with van der Waals surface area (Å²) < 4.78 is 12.4. The zero-order valence-corrected chi connectivity index (χ0v) is 17.5. The van der Waals surface area contributed by atoms with E-state index in [2.05, 4.69) is 4.98 Å². The molecule has 0 fully saturated rings. The largest absolute Gasteiger partial charge is 0.454 e. The first-order valence-electron chi connectivity index (χ1n) is 9.26. The van der Waals surface area contributed by atoms with Gasteiger partial charge in [0.05, 0.1) is 15.9 Å². The molecule has 150 valence electrons. The Kier molecular flexibility index (Phi) is 4.84. The average molecular weight is 438 g/mol. The Morgan fingerprint density at radius 3 is 2.90 bits per heavy atom. The molecule has 2 aromatic carbocycles. The molecule has 0 N–H and O–H groups in total. The summed E-state index contributed by atoms with van der Waals surface area (Å²) in [6.45, 7) is 2.13. The Labute approximate surface area is 181 Å². The van der Waals surface area contributed by atoms with E-state index in [1.165, 1.54) is 11.8 Å². The number of hydrogen-bond acceptors (Lipinski definition) is 6. The van der Waals surface area contributed by atoms with Crippen molar-refractivity contribution < 1.29 is 9.47 Å². The summed E-state index contributed by atoms with van der Waals surface area (Å²) in [4.78, 5) is 22.4. The summed E-state index contributed by atoms with van der Waals surface area (Å²) >= 11 is 7.75. The van der Waals surface area contributed by atoms with Gasteiger partial charge in [0.2, 0.25) is 6.79 Å². The zero-order valence-electron chi connectivity index (χ0n) is 16.0. The van der Waals surface area contributed by atoms with E-state index in [4.69, 9.17) is 26.1 Å². The van der Waals surface area contributed by atoms with Gasteiger partial charge in [0.15, 0.2) is 16.7 Å². The Balaban J connectivity index is 1.59. The van der Waals surface area contributed by atoms with Crippen LogP contribution in [0.5, 0.6) is 11.5 Å². The summed E-state index contributed by atoms with van der Waals surface area (Å²) in [6.07, 6.45) is 1.69. The van der Waals surface area contributed by atoms with Crippen LogP contribution in [0.3, 0.4) is 0 Å². The second-order valence-electron chi connectivity index (χ2n) is 6.84. The fourth-order valence-electron chi connectivity index (χ4n) is 3.31. The van der Waals surface area contributed by atoms with Crippen LogP contribution in [0.4, 0.5) is 0 Å². The number of aromatic nitrogens is 3. The van der Waals surface area contributed by atoms with Gasteiger partial charge < -0.3 is 9.47 Å². The lowest BCUT2D eigenvalue weighted by Gasteiger charge is -2.13. The van der Waals surface area contributed by atoms with E-state index in [0.717, 1.165) is 11.1 Å². The summed E-state index contributed by atoms with van der Waals surface area (Å²) in [5.74, 6) is 2.29. The Bertz CT molecular complexity index is 1340. The number of nitrogens with zero attached hydrogens (tertiary/aromatic N) is 3. The fraction of sp³-hybridized carbons (Fsp3) is 0.136. The molecule has 0 spiro atoms. The van der Waals surface area contributed by atoms with Crippen LogP contribution >= 0.6 is 23.4 Å². The molecule has 0 saturated heterocycles. The summed E-state index contributed by atoms with van der Waals surface area (Å²) in [6, 6.07) is 14.8. The minimum Gasteiger partial charge on any atom is -0.454 e. The lowest BCUT2D eigenvalue weighted by molar-refractivity contribution is 0.174. The Hall–Kier alpha value is -3.03. The van der Waals surface area contributed by atoms with Crippen molar-refractivity contribution in [2.75, 3.05) is 6.79 Å². The molecule has 4 aromatic rings. The maximum absolute atomic E-state index is 13.3. The van der Waals surface area contributed by atoms with E-state index in [1.54, 1.807) is 16.8 Å². The quantitative estimate of drug-likeness (QED) is 0.338. The van der Waals surface area contributed by atoms with E-state index < -0.39 is 0 Å². The van der Waals surface area contributed by atoms with Gasteiger partial charge in [-0.05, 0) is 54.4 Å². The van der Waals surface area contributed by atoms with Gasteiger partial charge in [-0.2, -0.15) is 0 Å². The van der Waals surface area contributed by atoms with Gasteiger partial charge in [-0.15, -0.1) is 0 Å². The number of halogens is 1. The van der Waals surface area contributed by atoms with Crippen molar-refractivity contribution in [1.82, 2.24) is 14.5 Å². The predicted molar refractivity (Wildman–Crippen MR) is 117 cm³/mol. The highest BCUT2D eigenvalue weighted by Crippen LogP contribution is 2.40. The third-order valence-corrected chi connectivity index (χ3v) is 6.02. The van der Waals surface area contributed by atoms with E-state index in [0.29, 0.717) is 44.2 Å². The smallest absolute Gasteiger partial charge is 0.267 e. The molecule has 30 heavy (non-hydrogen) atoms. The van der Waals surface area contributed by atoms with Crippen molar-refractivity contribution >= 4 is 34.3 Å². The summed E-state index contributed by atoms with van der Waals surface area (Å²) in [5, 5.41) is 1.62. The van der Waals surface area contributed by atoms with Crippen LogP contribution < -0.4 is 15.0 Å². The standard InChI is InChI=1S/C22H16ClN3O3S/c1-13-6-7-24-19(8-13)26-21(27)15-4-2-3-5-17(15)25-22(26)30-11-14-9-16(23)20-18(10-14)28-12-29-20/h2-10H,11-12H2,1H3. The molecule has 0 aliphatic carbocycles. The summed E-state index contributed by atoms with van der Waals surface area (Å²) in [5.41, 5.74) is 2.46. The average Bonchev–Trinajstić information content (AvgIpc) is 3.22. The molecule has 0 bridgehead atoms. The molecule has 0 atom stereocenters. The van der Waals surface area contributed by atoms with Gasteiger partial charge in [-0.1, -0.05) is 35.5 Å². The highest BCUT2D eigenvalue weighted by Gasteiger charge is 2.19. The van der Waals surface area contributed by atoms with Crippen LogP contribution in [0.25, 0.3) is 16.7 Å². The number of fused-ring (bicyclic) bond motifs is 2. The number of para-hydroxylation sites is 1. The maximum Gasteiger partial charge on any atom is 0.267 e. The highest BCUT2D eigenvalue weighted by molar-refractivity contribution is 7.98. The zero-order chi connectivity index (χ0) is 20.7. The Morgan fingerprint density at radius 2 is 2.03 bits per heavy atom. The van der Waals surface area contributed by atoms with Crippen molar-refractivity contribution in [3.63, 3.8) is 0 Å². The van der Waals surface area contributed by atoms with Crippen LogP contribution in [-0.4, -0.2) is 21.3 Å². The van der Waals surface area contributed by atoms with Gasteiger partial charge in [0, 0.05) is 11.9 Å². The van der Waals surface area contributed by atoms with Crippen molar-refractivity contribution in [3.8, 4) is 17.3 Å². The molecule has 6 nitrogen and oxygen atoms in total. The molecule has 3 heterocycles. The fourth-order valence-corrected chi connectivity index (χ4v) is 4.52. The number of benzene rings is 2. The molecule has 8 heteroatoms. The van der Waals surface area contributed by atoms with Crippen molar-refractivity contribution in [3.05, 3.63) is 81.2 Å². The van der Waals surface area contributed by atoms with Crippen LogP contribution in [0.2, 0.25) is 5.02 Å². The minimum absolute atomic E-state index is 0.148. The lowest BCUT2D eigenvalue weighted by Crippen LogP contribution is -2.22. The molecule has 0 radical (unpaired) electrons. The summed E-state index contributed by atoms with van der Waals surface area (Å²) in [7, 11) is 0. The SMILES string of the molecule is Cc1ccnc(-n2c(SCc3cc(Cl)c4c(c3)OCO4)nc3ccccc3c2=O)c1. The normalized spacial score (nSPS) is 12.5. The Morgan fingerprint density at radius 1 is 1.17 bits per heavy atom. The number of rotatable bonds is 4. The van der Waals surface area contributed by atoms with Crippen molar-refractivity contribution in [1.29, 1.82) is 0 Å². The van der Waals surface area contributed by atoms with Gasteiger partial charge in [0.1, 0.15) is 5.82 Å². The number of aryl methyl sites for hydroxylation is 1. The molecule has 0 saturated carbocycles. The molecular weight excluding hydrogens is 422 g/mol.